The minimum atomic E-state index is -0.700. The molecule has 0 amide bonds. The van der Waals surface area contributed by atoms with Crippen molar-refractivity contribution in [2.24, 2.45) is 0 Å². The van der Waals surface area contributed by atoms with E-state index in [4.69, 9.17) is 20.8 Å². The molecule has 0 saturated heterocycles. The van der Waals surface area contributed by atoms with Gasteiger partial charge < -0.3 is 13.7 Å². The Morgan fingerprint density at radius 1 is 1.11 bits per heavy atom. The van der Waals surface area contributed by atoms with E-state index in [0.717, 1.165) is 17.1 Å². The fourth-order valence-corrected chi connectivity index (χ4v) is 3.79. The van der Waals surface area contributed by atoms with Crippen LogP contribution < -0.4 is 15.9 Å². The zero-order valence-corrected chi connectivity index (χ0v) is 15.2. The Bertz CT molecular complexity index is 1400. The fraction of sp³-hybridized carbons (Fsp3) is 0.0952. The molecule has 0 bridgehead atoms. The molecular formula is C21H12ClNO5. The molecule has 138 valence electrons. The van der Waals surface area contributed by atoms with Gasteiger partial charge in [-0.1, -0.05) is 23.7 Å². The summed E-state index contributed by atoms with van der Waals surface area (Å²) in [5.74, 6) is -0.808. The third-order valence-corrected chi connectivity index (χ3v) is 5.16. The topological polar surface area (TPSA) is 78.5 Å². The highest BCUT2D eigenvalue weighted by molar-refractivity contribution is 6.30. The molecule has 6 nitrogen and oxygen atoms in total. The van der Waals surface area contributed by atoms with Crippen molar-refractivity contribution in [3.8, 4) is 5.75 Å². The second kappa shape index (κ2) is 6.07. The molecule has 0 atom stereocenters. The average molecular weight is 394 g/mol. The highest BCUT2D eigenvalue weighted by atomic mass is 35.5. The molecule has 1 aliphatic rings. The van der Waals surface area contributed by atoms with E-state index < -0.39 is 11.6 Å². The lowest BCUT2D eigenvalue weighted by Gasteiger charge is -2.10. The van der Waals surface area contributed by atoms with E-state index in [1.165, 1.54) is 12.1 Å². The molecule has 4 aromatic rings. The van der Waals surface area contributed by atoms with Crippen molar-refractivity contribution in [3.63, 3.8) is 0 Å². The first-order valence-corrected chi connectivity index (χ1v) is 9.01. The lowest BCUT2D eigenvalue weighted by Crippen LogP contribution is -2.21. The predicted octanol–water partition coefficient (Wildman–Crippen LogP) is 3.54. The maximum Gasteiger partial charge on any atom is 0.343 e. The molecule has 0 unspecified atom stereocenters. The predicted molar refractivity (Wildman–Crippen MR) is 104 cm³/mol. The number of ether oxygens (including phenoxy) is 1. The Labute approximate surface area is 162 Å². The minimum Gasteiger partial charge on any atom is -0.422 e. The highest BCUT2D eigenvalue weighted by Crippen LogP contribution is 2.32. The van der Waals surface area contributed by atoms with Crippen LogP contribution >= 0.6 is 11.6 Å². The number of carbonyl (C=O) groups is 1. The van der Waals surface area contributed by atoms with Crippen LogP contribution in [0.2, 0.25) is 5.02 Å². The van der Waals surface area contributed by atoms with E-state index in [1.807, 2.05) is 12.1 Å². The number of aromatic nitrogens is 1. The second-order valence-corrected chi connectivity index (χ2v) is 6.99. The van der Waals surface area contributed by atoms with Gasteiger partial charge in [-0.15, -0.1) is 0 Å². The molecule has 0 N–H and O–H groups in total. The Morgan fingerprint density at radius 2 is 1.89 bits per heavy atom. The first-order valence-electron chi connectivity index (χ1n) is 8.63. The molecule has 1 aliphatic heterocycles. The molecule has 2 aromatic heterocycles. The smallest absolute Gasteiger partial charge is 0.343 e. The summed E-state index contributed by atoms with van der Waals surface area (Å²) in [5.41, 5.74) is 1.10. The minimum absolute atomic E-state index is 0.0773. The largest absolute Gasteiger partial charge is 0.422 e. The summed E-state index contributed by atoms with van der Waals surface area (Å²) >= 11 is 5.84. The number of hydrogen-bond donors (Lipinski definition) is 0. The SMILES string of the molecule is O=C(Oc1cc(=O)oc2c1c(=O)n1c3c(cccc23)CC1)c1ccc(Cl)cc1. The Balaban J connectivity index is 1.76. The third-order valence-electron chi connectivity index (χ3n) is 4.91. The summed E-state index contributed by atoms with van der Waals surface area (Å²) in [7, 11) is 0. The molecule has 5 rings (SSSR count). The van der Waals surface area contributed by atoms with E-state index in [-0.39, 0.29) is 27.8 Å². The van der Waals surface area contributed by atoms with Crippen LogP contribution in [0.3, 0.4) is 0 Å². The van der Waals surface area contributed by atoms with Gasteiger partial charge in [0.05, 0.1) is 17.1 Å². The number of fused-ring (bicyclic) bond motifs is 2. The van der Waals surface area contributed by atoms with E-state index >= 15 is 0 Å². The normalized spacial score (nSPS) is 12.6. The van der Waals surface area contributed by atoms with Gasteiger partial charge in [0.2, 0.25) is 0 Å². The lowest BCUT2D eigenvalue weighted by atomic mass is 10.1. The van der Waals surface area contributed by atoms with Gasteiger partial charge in [0.15, 0.2) is 11.3 Å². The lowest BCUT2D eigenvalue weighted by molar-refractivity contribution is 0.0736. The number of nitrogens with zero attached hydrogens (tertiary/aromatic N) is 1. The first kappa shape index (κ1) is 16.8. The molecular weight excluding hydrogens is 382 g/mol. The maximum absolute atomic E-state index is 13.1. The summed E-state index contributed by atoms with van der Waals surface area (Å²) in [6.45, 7) is 0.522. The van der Waals surface area contributed by atoms with Crippen molar-refractivity contribution >= 4 is 39.4 Å². The number of pyridine rings is 1. The third kappa shape index (κ3) is 2.46. The molecule has 0 aliphatic carbocycles. The highest BCUT2D eigenvalue weighted by Gasteiger charge is 2.24. The van der Waals surface area contributed by atoms with Crippen LogP contribution in [0.25, 0.3) is 21.9 Å². The number of halogens is 1. The summed E-state index contributed by atoms with van der Waals surface area (Å²) < 4.78 is 12.4. The van der Waals surface area contributed by atoms with Crippen LogP contribution in [0.5, 0.6) is 5.75 Å². The molecule has 0 fully saturated rings. The van der Waals surface area contributed by atoms with Crippen LogP contribution in [-0.2, 0) is 13.0 Å². The van der Waals surface area contributed by atoms with Gasteiger partial charge >= 0.3 is 11.6 Å². The number of carbonyl (C=O) groups excluding carboxylic acids is 1. The van der Waals surface area contributed by atoms with Gasteiger partial charge in [-0.2, -0.15) is 0 Å². The Kier molecular flexibility index (Phi) is 3.64. The molecule has 7 heteroatoms. The van der Waals surface area contributed by atoms with Gasteiger partial charge in [0.1, 0.15) is 5.39 Å². The van der Waals surface area contributed by atoms with Crippen LogP contribution in [-0.4, -0.2) is 10.5 Å². The van der Waals surface area contributed by atoms with Crippen molar-refractivity contribution < 1.29 is 13.9 Å². The van der Waals surface area contributed by atoms with Crippen molar-refractivity contribution in [1.82, 2.24) is 4.57 Å². The standard InChI is InChI=1S/C21H12ClNO5/c22-13-6-4-12(5-7-13)21(26)27-15-10-16(24)28-19-14-3-1-2-11-8-9-23(18(11)14)20(25)17(15)19/h1-7,10H,8-9H2. The summed E-state index contributed by atoms with van der Waals surface area (Å²) in [6.07, 6.45) is 0.715. The van der Waals surface area contributed by atoms with Crippen LogP contribution in [0.1, 0.15) is 15.9 Å². The van der Waals surface area contributed by atoms with Gasteiger partial charge in [0, 0.05) is 17.0 Å². The fourth-order valence-electron chi connectivity index (χ4n) is 3.67. The van der Waals surface area contributed by atoms with Crippen molar-refractivity contribution in [3.05, 3.63) is 85.5 Å². The van der Waals surface area contributed by atoms with E-state index in [0.29, 0.717) is 23.4 Å². The zero-order valence-electron chi connectivity index (χ0n) is 14.4. The molecule has 2 aromatic carbocycles. The number of para-hydroxylation sites is 1. The number of rotatable bonds is 2. The van der Waals surface area contributed by atoms with Crippen LogP contribution in [0, 0.1) is 0 Å². The number of aryl methyl sites for hydroxylation is 2. The number of benzene rings is 2. The molecule has 28 heavy (non-hydrogen) atoms. The van der Waals surface area contributed by atoms with Gasteiger partial charge in [-0.25, -0.2) is 9.59 Å². The zero-order chi connectivity index (χ0) is 19.4. The van der Waals surface area contributed by atoms with Gasteiger partial charge in [-0.3, -0.25) is 4.79 Å². The van der Waals surface area contributed by atoms with Crippen molar-refractivity contribution in [2.75, 3.05) is 0 Å². The average Bonchev–Trinajstić information content (AvgIpc) is 3.11. The quantitative estimate of drug-likeness (QED) is 0.384. The van der Waals surface area contributed by atoms with Gasteiger partial charge in [-0.05, 0) is 42.3 Å². The molecule has 3 heterocycles. The van der Waals surface area contributed by atoms with Crippen molar-refractivity contribution in [1.29, 1.82) is 0 Å². The van der Waals surface area contributed by atoms with Gasteiger partial charge in [0.25, 0.3) is 5.56 Å². The van der Waals surface area contributed by atoms with Crippen molar-refractivity contribution in [2.45, 2.75) is 13.0 Å². The summed E-state index contributed by atoms with van der Waals surface area (Å²) in [4.78, 5) is 37.7. The number of esters is 1. The summed E-state index contributed by atoms with van der Waals surface area (Å²) in [5, 5.41) is 1.20. The molecule has 0 radical (unpaired) electrons. The molecule has 0 saturated carbocycles. The second-order valence-electron chi connectivity index (χ2n) is 6.55. The van der Waals surface area contributed by atoms with E-state index in [2.05, 4.69) is 0 Å². The number of hydrogen-bond acceptors (Lipinski definition) is 5. The first-order chi connectivity index (χ1) is 13.5. The maximum atomic E-state index is 13.1. The monoisotopic (exact) mass is 393 g/mol. The Hall–Kier alpha value is -3.38. The molecule has 0 spiro atoms. The van der Waals surface area contributed by atoms with E-state index in [1.54, 1.807) is 22.8 Å². The van der Waals surface area contributed by atoms with Crippen LogP contribution in [0.15, 0.2) is 62.5 Å². The Morgan fingerprint density at radius 3 is 2.68 bits per heavy atom. The van der Waals surface area contributed by atoms with Crippen LogP contribution in [0.4, 0.5) is 0 Å². The summed E-state index contributed by atoms with van der Waals surface area (Å²) in [6, 6.07) is 12.7. The van der Waals surface area contributed by atoms with E-state index in [9.17, 15) is 14.4 Å².